The zero-order chi connectivity index (χ0) is 12.3. The monoisotopic (exact) mass is 313 g/mol. The minimum absolute atomic E-state index is 0.00199. The third kappa shape index (κ3) is 3.12. The summed E-state index contributed by atoms with van der Waals surface area (Å²) in [4.78, 5) is 14.2. The summed E-state index contributed by atoms with van der Waals surface area (Å²) in [5, 5.41) is 8.86. The van der Waals surface area contributed by atoms with Gasteiger partial charge in [0.25, 0.3) is 6.43 Å². The molecule has 0 atom stereocenters. The molecule has 0 saturated heterocycles. The third-order valence-corrected chi connectivity index (χ3v) is 2.74. The highest BCUT2D eigenvalue weighted by molar-refractivity contribution is 9.08. The Morgan fingerprint density at radius 3 is 2.69 bits per heavy atom. The minimum Gasteiger partial charge on any atom is -0.481 e. The molecule has 0 aliphatic heterocycles. The lowest BCUT2D eigenvalue weighted by atomic mass is 10.1. The fourth-order valence-corrected chi connectivity index (χ4v) is 1.76. The van der Waals surface area contributed by atoms with Crippen LogP contribution in [0.3, 0.4) is 0 Å². The van der Waals surface area contributed by atoms with Gasteiger partial charge in [0, 0.05) is 15.9 Å². The fraction of sp³-hybridized carbons (Fsp3) is 0.333. The van der Waals surface area contributed by atoms with Gasteiger partial charge in [-0.2, -0.15) is 0 Å². The molecular formula is C9H7BrClF2NO2. The molecule has 0 amide bonds. The Labute approximate surface area is 104 Å². The van der Waals surface area contributed by atoms with Gasteiger partial charge in [-0.25, -0.2) is 8.78 Å². The molecule has 7 heteroatoms. The van der Waals surface area contributed by atoms with Crippen molar-refractivity contribution in [1.29, 1.82) is 0 Å². The summed E-state index contributed by atoms with van der Waals surface area (Å²) < 4.78 is 25.3. The summed E-state index contributed by atoms with van der Waals surface area (Å²) >= 11 is 8.81. The molecule has 0 saturated carbocycles. The maximum atomic E-state index is 12.6. The van der Waals surface area contributed by atoms with Crippen molar-refractivity contribution in [3.05, 3.63) is 28.0 Å². The molecule has 1 aromatic heterocycles. The van der Waals surface area contributed by atoms with Crippen LogP contribution in [0.4, 0.5) is 8.78 Å². The molecule has 16 heavy (non-hydrogen) atoms. The van der Waals surface area contributed by atoms with E-state index >= 15 is 0 Å². The predicted octanol–water partition coefficient (Wildman–Crippen LogP) is 3.19. The van der Waals surface area contributed by atoms with Crippen molar-refractivity contribution in [3.63, 3.8) is 0 Å². The van der Waals surface area contributed by atoms with Gasteiger partial charge in [0.15, 0.2) is 0 Å². The van der Waals surface area contributed by atoms with Crippen LogP contribution >= 0.6 is 27.5 Å². The van der Waals surface area contributed by atoms with Crippen LogP contribution in [0.2, 0.25) is 5.02 Å². The molecule has 0 bridgehead atoms. The SMILES string of the molecule is O=C(O)Cc1c(Cl)cc(CBr)nc1C(F)F. The Morgan fingerprint density at radius 1 is 1.62 bits per heavy atom. The van der Waals surface area contributed by atoms with Gasteiger partial charge >= 0.3 is 5.97 Å². The Bertz CT molecular complexity index is 415. The van der Waals surface area contributed by atoms with Crippen LogP contribution in [0, 0.1) is 0 Å². The first kappa shape index (κ1) is 13.3. The van der Waals surface area contributed by atoms with Gasteiger partial charge in [-0.15, -0.1) is 0 Å². The minimum atomic E-state index is -2.84. The van der Waals surface area contributed by atoms with E-state index in [4.69, 9.17) is 16.7 Å². The van der Waals surface area contributed by atoms with Crippen LogP contribution in [0.15, 0.2) is 6.07 Å². The first-order chi connectivity index (χ1) is 7.45. The zero-order valence-electron chi connectivity index (χ0n) is 7.88. The number of hydrogen-bond acceptors (Lipinski definition) is 2. The topological polar surface area (TPSA) is 50.2 Å². The van der Waals surface area contributed by atoms with Gasteiger partial charge in [0.1, 0.15) is 5.69 Å². The number of hydrogen-bond donors (Lipinski definition) is 1. The number of halogens is 4. The van der Waals surface area contributed by atoms with Gasteiger partial charge < -0.3 is 5.11 Å². The summed E-state index contributed by atoms with van der Waals surface area (Å²) in [7, 11) is 0. The van der Waals surface area contributed by atoms with Gasteiger partial charge in [-0.3, -0.25) is 9.78 Å². The Balaban J connectivity index is 3.27. The molecule has 0 aliphatic rings. The van der Waals surface area contributed by atoms with Crippen molar-refractivity contribution in [2.24, 2.45) is 0 Å². The molecule has 1 heterocycles. The third-order valence-electron chi connectivity index (χ3n) is 1.83. The maximum Gasteiger partial charge on any atom is 0.307 e. The Morgan fingerprint density at radius 2 is 2.25 bits per heavy atom. The second kappa shape index (κ2) is 5.54. The van der Waals surface area contributed by atoms with Crippen molar-refractivity contribution in [3.8, 4) is 0 Å². The Hall–Kier alpha value is -0.750. The second-order valence-electron chi connectivity index (χ2n) is 2.96. The number of carboxylic acid groups (broad SMARTS) is 1. The summed E-state index contributed by atoms with van der Waals surface area (Å²) in [5.74, 6) is -1.22. The van der Waals surface area contributed by atoms with Gasteiger partial charge in [-0.05, 0) is 6.07 Å². The zero-order valence-corrected chi connectivity index (χ0v) is 10.2. The van der Waals surface area contributed by atoms with Crippen molar-refractivity contribution in [2.75, 3.05) is 0 Å². The Kier molecular flexibility index (Phi) is 4.61. The van der Waals surface area contributed by atoms with Gasteiger partial charge in [0.2, 0.25) is 0 Å². The van der Waals surface area contributed by atoms with Crippen LogP contribution in [0.1, 0.15) is 23.4 Å². The standard InChI is InChI=1S/C9H7BrClF2NO2/c10-3-4-1-6(11)5(2-7(15)16)8(14-4)9(12)13/h1,9H,2-3H2,(H,15,16). The van der Waals surface area contributed by atoms with E-state index in [9.17, 15) is 13.6 Å². The summed E-state index contributed by atoms with van der Waals surface area (Å²) in [6, 6.07) is 1.38. The quantitative estimate of drug-likeness (QED) is 0.868. The molecule has 0 radical (unpaired) electrons. The first-order valence-corrected chi connectivity index (χ1v) is 5.69. The van der Waals surface area contributed by atoms with Crippen LogP contribution in [-0.2, 0) is 16.5 Å². The number of rotatable bonds is 4. The average Bonchev–Trinajstić information content (AvgIpc) is 2.19. The summed E-state index contributed by atoms with van der Waals surface area (Å²) in [5.41, 5.74) is -0.354. The van der Waals surface area contributed by atoms with E-state index in [1.807, 2.05) is 0 Å². The molecular weight excluding hydrogens is 307 g/mol. The lowest BCUT2D eigenvalue weighted by Gasteiger charge is -2.10. The van der Waals surface area contributed by atoms with E-state index < -0.39 is 24.5 Å². The van der Waals surface area contributed by atoms with Crippen molar-refractivity contribution < 1.29 is 18.7 Å². The van der Waals surface area contributed by atoms with Crippen LogP contribution in [0.25, 0.3) is 0 Å². The molecule has 0 unspecified atom stereocenters. The molecule has 0 aromatic carbocycles. The van der Waals surface area contributed by atoms with Crippen LogP contribution in [0.5, 0.6) is 0 Å². The molecule has 1 N–H and O–H groups in total. The average molecular weight is 315 g/mol. The molecule has 0 aliphatic carbocycles. The lowest BCUT2D eigenvalue weighted by Crippen LogP contribution is -2.08. The largest absolute Gasteiger partial charge is 0.481 e. The molecule has 1 rings (SSSR count). The molecule has 1 aromatic rings. The van der Waals surface area contributed by atoms with E-state index in [0.717, 1.165) is 0 Å². The predicted molar refractivity (Wildman–Crippen MR) is 58.2 cm³/mol. The van der Waals surface area contributed by atoms with Crippen molar-refractivity contribution in [2.45, 2.75) is 18.2 Å². The number of aliphatic carboxylic acids is 1. The molecule has 88 valence electrons. The van der Waals surface area contributed by atoms with Crippen molar-refractivity contribution in [1.82, 2.24) is 4.98 Å². The normalized spacial score (nSPS) is 10.8. The number of aromatic nitrogens is 1. The van der Waals surface area contributed by atoms with E-state index in [-0.39, 0.29) is 15.9 Å². The van der Waals surface area contributed by atoms with Gasteiger partial charge in [0.05, 0.1) is 12.1 Å². The molecule has 3 nitrogen and oxygen atoms in total. The number of carbonyl (C=O) groups is 1. The number of carboxylic acids is 1. The number of nitrogens with zero attached hydrogens (tertiary/aromatic N) is 1. The van der Waals surface area contributed by atoms with E-state index in [2.05, 4.69) is 20.9 Å². The summed E-state index contributed by atoms with van der Waals surface area (Å²) in [6.07, 6.45) is -3.40. The number of alkyl halides is 3. The fourth-order valence-electron chi connectivity index (χ4n) is 1.19. The van der Waals surface area contributed by atoms with E-state index in [0.29, 0.717) is 5.69 Å². The van der Waals surface area contributed by atoms with Crippen molar-refractivity contribution >= 4 is 33.5 Å². The highest BCUT2D eigenvalue weighted by Crippen LogP contribution is 2.28. The second-order valence-corrected chi connectivity index (χ2v) is 3.93. The molecule has 0 spiro atoms. The lowest BCUT2D eigenvalue weighted by molar-refractivity contribution is -0.136. The first-order valence-electron chi connectivity index (χ1n) is 4.19. The van der Waals surface area contributed by atoms with Crippen LogP contribution < -0.4 is 0 Å². The van der Waals surface area contributed by atoms with Crippen LogP contribution in [-0.4, -0.2) is 16.1 Å². The maximum absolute atomic E-state index is 12.6. The molecule has 0 fully saturated rings. The summed E-state index contributed by atoms with van der Waals surface area (Å²) in [6.45, 7) is 0. The van der Waals surface area contributed by atoms with E-state index in [1.54, 1.807) is 0 Å². The van der Waals surface area contributed by atoms with Gasteiger partial charge in [-0.1, -0.05) is 27.5 Å². The van der Waals surface area contributed by atoms with E-state index in [1.165, 1.54) is 6.07 Å². The smallest absolute Gasteiger partial charge is 0.307 e. The highest BCUT2D eigenvalue weighted by atomic mass is 79.9. The highest BCUT2D eigenvalue weighted by Gasteiger charge is 2.20. The number of pyridine rings is 1.